The molecule has 0 radical (unpaired) electrons. The Bertz CT molecular complexity index is 1310. The van der Waals surface area contributed by atoms with Crippen LogP contribution < -0.4 is 25.2 Å². The van der Waals surface area contributed by atoms with Crippen LogP contribution in [0.15, 0.2) is 46.2 Å². The number of nitrogens with one attached hydrogen (secondary N) is 3. The highest BCUT2D eigenvalue weighted by Gasteiger charge is 2.43. The van der Waals surface area contributed by atoms with Crippen LogP contribution >= 0.6 is 11.6 Å². The molecule has 6 N–H and O–H groups in total. The molecule has 1 unspecified atom stereocenters. The van der Waals surface area contributed by atoms with E-state index in [9.17, 15) is 26.7 Å². The average Bonchev–Trinajstić information content (AvgIpc) is 3.17. The van der Waals surface area contributed by atoms with Crippen molar-refractivity contribution in [2.75, 3.05) is 11.9 Å². The van der Waals surface area contributed by atoms with E-state index in [2.05, 4.69) is 15.4 Å². The first-order chi connectivity index (χ1) is 15.4. The van der Waals surface area contributed by atoms with Crippen molar-refractivity contribution in [3.8, 4) is 5.75 Å². The number of nitrogens with two attached hydrogens (primary N) is 1. The molecule has 0 amide bonds. The number of primary sulfonamides is 1. The second-order valence-corrected chi connectivity index (χ2v) is 11.4. The van der Waals surface area contributed by atoms with Crippen LogP contribution in [-0.2, 0) is 31.3 Å². The van der Waals surface area contributed by atoms with Gasteiger partial charge in [-0.05, 0) is 42.8 Å². The van der Waals surface area contributed by atoms with Gasteiger partial charge in [0, 0.05) is 12.8 Å². The third-order valence-corrected chi connectivity index (χ3v) is 8.26. The fourth-order valence-electron chi connectivity index (χ4n) is 3.81. The van der Waals surface area contributed by atoms with Crippen LogP contribution in [0.1, 0.15) is 18.4 Å². The zero-order chi connectivity index (χ0) is 24.0. The number of carboxylic acid groups (broad SMARTS) is 1. The van der Waals surface area contributed by atoms with Crippen molar-refractivity contribution in [1.82, 2.24) is 10.0 Å². The molecule has 1 fully saturated rings. The number of hydrogen-bond donors (Lipinski definition) is 5. The van der Waals surface area contributed by atoms with Crippen LogP contribution in [0.25, 0.3) is 0 Å². The lowest BCUT2D eigenvalue weighted by atomic mass is 10.1. The van der Waals surface area contributed by atoms with Gasteiger partial charge in [-0.15, -0.1) is 0 Å². The molecule has 0 spiro atoms. The monoisotopic (exact) mass is 516 g/mol. The maximum absolute atomic E-state index is 12.7. The van der Waals surface area contributed by atoms with Crippen LogP contribution in [0.3, 0.4) is 0 Å². The number of aliphatic carboxylic acids is 1. The molecule has 0 bridgehead atoms. The summed E-state index contributed by atoms with van der Waals surface area (Å²) in [5.74, 6) is -0.729. The summed E-state index contributed by atoms with van der Waals surface area (Å²) >= 11 is 5.99. The molecule has 0 saturated carbocycles. The molecule has 1 saturated heterocycles. The Balaban J connectivity index is 1.52. The SMILES string of the molecule is NS(=O)(=O)c1cc2c(cc1Cl)NC(Cc1ccc(O[C@@]3(C(=O)O)CCCN3)cc1)NS2(=O)=O. The highest BCUT2D eigenvalue weighted by Crippen LogP contribution is 2.34. The van der Waals surface area contributed by atoms with Gasteiger partial charge in [-0.1, -0.05) is 23.7 Å². The number of rotatable bonds is 6. The molecule has 178 valence electrons. The summed E-state index contributed by atoms with van der Waals surface area (Å²) in [6, 6.07) is 8.74. The van der Waals surface area contributed by atoms with E-state index < -0.39 is 42.8 Å². The lowest BCUT2D eigenvalue weighted by Gasteiger charge is -2.29. The summed E-state index contributed by atoms with van der Waals surface area (Å²) in [7, 11) is -8.25. The van der Waals surface area contributed by atoms with Crippen molar-refractivity contribution in [2.24, 2.45) is 5.14 Å². The van der Waals surface area contributed by atoms with Crippen molar-refractivity contribution < 1.29 is 31.5 Å². The Kier molecular flexibility index (Phi) is 6.05. The minimum atomic E-state index is -4.21. The fourth-order valence-corrected chi connectivity index (χ4v) is 6.31. The van der Waals surface area contributed by atoms with Gasteiger partial charge in [0.05, 0.1) is 16.9 Å². The Morgan fingerprint density at radius 1 is 1.27 bits per heavy atom. The summed E-state index contributed by atoms with van der Waals surface area (Å²) in [5.41, 5.74) is -0.574. The highest BCUT2D eigenvalue weighted by molar-refractivity contribution is 7.90. The van der Waals surface area contributed by atoms with Gasteiger partial charge in [-0.3, -0.25) is 5.32 Å². The molecule has 2 aromatic carbocycles. The second kappa shape index (κ2) is 8.42. The molecule has 33 heavy (non-hydrogen) atoms. The lowest BCUT2D eigenvalue weighted by molar-refractivity contribution is -0.157. The third kappa shape index (κ3) is 4.78. The number of ether oxygens (including phenoxy) is 1. The minimum Gasteiger partial charge on any atom is -0.477 e. The van der Waals surface area contributed by atoms with Crippen molar-refractivity contribution in [1.29, 1.82) is 0 Å². The summed E-state index contributed by atoms with van der Waals surface area (Å²) in [6.45, 7) is 0.544. The Labute approximate surface area is 195 Å². The van der Waals surface area contributed by atoms with E-state index in [1.165, 1.54) is 6.07 Å². The van der Waals surface area contributed by atoms with Crippen LogP contribution in [0, 0.1) is 0 Å². The van der Waals surface area contributed by atoms with E-state index in [0.717, 1.165) is 11.6 Å². The minimum absolute atomic E-state index is 0.145. The van der Waals surface area contributed by atoms with Gasteiger partial charge in [0.1, 0.15) is 15.5 Å². The van der Waals surface area contributed by atoms with Crippen molar-refractivity contribution in [2.45, 2.75) is 40.9 Å². The van der Waals surface area contributed by atoms with Gasteiger partial charge < -0.3 is 15.2 Å². The number of hydrogen-bond acceptors (Lipinski definition) is 8. The van der Waals surface area contributed by atoms with Gasteiger partial charge in [-0.2, -0.15) is 4.72 Å². The van der Waals surface area contributed by atoms with E-state index in [0.29, 0.717) is 25.1 Å². The first-order valence-corrected chi connectivity index (χ1v) is 13.2. The van der Waals surface area contributed by atoms with E-state index in [-0.39, 0.29) is 22.0 Å². The van der Waals surface area contributed by atoms with Crippen LogP contribution in [0.2, 0.25) is 5.02 Å². The molecule has 2 heterocycles. The number of halogens is 1. The quantitative estimate of drug-likeness (QED) is 0.371. The molecule has 2 atom stereocenters. The zero-order valence-corrected chi connectivity index (χ0v) is 19.4. The van der Waals surface area contributed by atoms with Gasteiger partial charge >= 0.3 is 5.97 Å². The summed E-state index contributed by atoms with van der Waals surface area (Å²) in [5, 5.41) is 20.3. The lowest BCUT2D eigenvalue weighted by Crippen LogP contribution is -2.52. The molecule has 11 nitrogen and oxygen atoms in total. The van der Waals surface area contributed by atoms with Gasteiger partial charge in [-0.25, -0.2) is 26.8 Å². The second-order valence-electron chi connectivity index (χ2n) is 7.75. The molecule has 0 aromatic heterocycles. The summed E-state index contributed by atoms with van der Waals surface area (Å²) in [6.07, 6.45) is 0.512. The third-order valence-electron chi connectivity index (χ3n) is 5.37. The molecular formula is C19H21ClN4O7S2. The van der Waals surface area contributed by atoms with E-state index in [1.807, 2.05) is 0 Å². The molecule has 2 aromatic rings. The van der Waals surface area contributed by atoms with Crippen molar-refractivity contribution in [3.63, 3.8) is 0 Å². The number of sulfonamides is 2. The molecular weight excluding hydrogens is 496 g/mol. The van der Waals surface area contributed by atoms with E-state index >= 15 is 0 Å². The first-order valence-electron chi connectivity index (χ1n) is 9.81. The van der Waals surface area contributed by atoms with Crippen molar-refractivity contribution in [3.05, 3.63) is 47.0 Å². The maximum Gasteiger partial charge on any atom is 0.363 e. The smallest absolute Gasteiger partial charge is 0.363 e. The van der Waals surface area contributed by atoms with Gasteiger partial charge in [0.15, 0.2) is 0 Å². The number of anilines is 1. The number of benzene rings is 2. The Morgan fingerprint density at radius 2 is 1.97 bits per heavy atom. The fraction of sp³-hybridized carbons (Fsp3) is 0.316. The molecule has 2 aliphatic heterocycles. The molecule has 2 aliphatic rings. The molecule has 4 rings (SSSR count). The summed E-state index contributed by atoms with van der Waals surface area (Å²) in [4.78, 5) is 10.8. The van der Waals surface area contributed by atoms with Gasteiger partial charge in [0.25, 0.3) is 5.72 Å². The Morgan fingerprint density at radius 3 is 2.55 bits per heavy atom. The zero-order valence-electron chi connectivity index (χ0n) is 17.0. The maximum atomic E-state index is 12.7. The summed E-state index contributed by atoms with van der Waals surface area (Å²) < 4.78 is 56.9. The van der Waals surface area contributed by atoms with Gasteiger partial charge in [0.2, 0.25) is 20.0 Å². The first kappa shape index (κ1) is 23.7. The van der Waals surface area contributed by atoms with Crippen LogP contribution in [-0.4, -0.2) is 46.3 Å². The number of carbonyl (C=O) groups is 1. The number of fused-ring (bicyclic) bond motifs is 1. The molecule has 0 aliphatic carbocycles. The predicted octanol–water partition coefficient (Wildman–Crippen LogP) is 0.803. The van der Waals surface area contributed by atoms with Crippen LogP contribution in [0.4, 0.5) is 5.69 Å². The highest BCUT2D eigenvalue weighted by atomic mass is 35.5. The van der Waals surface area contributed by atoms with E-state index in [4.69, 9.17) is 21.5 Å². The topological polar surface area (TPSA) is 177 Å². The van der Waals surface area contributed by atoms with Crippen molar-refractivity contribution >= 4 is 43.3 Å². The van der Waals surface area contributed by atoms with Crippen LogP contribution in [0.5, 0.6) is 5.75 Å². The standard InChI is InChI=1S/C19H21ClN4O7S2/c20-13-9-14-16(10-15(13)32(21,27)28)33(29,30)24-17(23-14)8-11-2-4-12(5-3-11)31-19(18(25)26)6-1-7-22-19/h2-5,9-10,17,22-24H,1,6-8H2,(H,25,26)(H2,21,27,28)/t17?,19-/m1/s1. The van der Waals surface area contributed by atoms with E-state index in [1.54, 1.807) is 24.3 Å². The molecule has 14 heteroatoms. The Hall–Kier alpha value is -2.42. The largest absolute Gasteiger partial charge is 0.477 e. The average molecular weight is 517 g/mol. The number of carboxylic acids is 1. The normalized spacial score (nSPS) is 24.0. The predicted molar refractivity (Wildman–Crippen MR) is 119 cm³/mol.